The van der Waals surface area contributed by atoms with Gasteiger partial charge in [0.2, 0.25) is 0 Å². The van der Waals surface area contributed by atoms with Crippen molar-refractivity contribution in [2.75, 3.05) is 12.9 Å². The standard InChI is InChI=1S/C15H18OSSi/c1-16-15-9-5-7-14(13-15)8-6-10-17-11-12-18(2,3)4/h5,7,9,13H,10H2,1-4H3. The summed E-state index contributed by atoms with van der Waals surface area (Å²) < 4.78 is 5.15. The SMILES string of the molecule is COc1cccc(C#CCSC#C[Si](C)(C)C)c1. The molecule has 0 bridgehead atoms. The smallest absolute Gasteiger partial charge is 0.130 e. The number of rotatable bonds is 2. The molecule has 0 aromatic heterocycles. The van der Waals surface area contributed by atoms with Crippen molar-refractivity contribution in [3.05, 3.63) is 29.8 Å². The van der Waals surface area contributed by atoms with E-state index in [0.29, 0.717) is 0 Å². The number of thioether (sulfide) groups is 1. The van der Waals surface area contributed by atoms with E-state index in [1.165, 1.54) is 0 Å². The second-order valence-electron chi connectivity index (χ2n) is 4.80. The molecule has 0 heterocycles. The summed E-state index contributed by atoms with van der Waals surface area (Å²) in [6.07, 6.45) is 0. The molecule has 0 unspecified atom stereocenters. The van der Waals surface area contributed by atoms with Crippen LogP contribution in [0.3, 0.4) is 0 Å². The lowest BCUT2D eigenvalue weighted by molar-refractivity contribution is 0.414. The van der Waals surface area contributed by atoms with Gasteiger partial charge >= 0.3 is 0 Å². The third-order valence-electron chi connectivity index (χ3n) is 1.95. The molecule has 94 valence electrons. The van der Waals surface area contributed by atoms with Gasteiger partial charge in [0.1, 0.15) is 13.8 Å². The van der Waals surface area contributed by atoms with Gasteiger partial charge < -0.3 is 4.74 Å². The molecule has 0 radical (unpaired) electrons. The minimum absolute atomic E-state index is 0.745. The van der Waals surface area contributed by atoms with E-state index < -0.39 is 8.07 Å². The first-order valence-electron chi connectivity index (χ1n) is 5.78. The maximum absolute atomic E-state index is 5.15. The van der Waals surface area contributed by atoms with Gasteiger partial charge in [-0.25, -0.2) is 0 Å². The van der Waals surface area contributed by atoms with E-state index in [1.54, 1.807) is 18.9 Å². The minimum Gasteiger partial charge on any atom is -0.497 e. The second-order valence-corrected chi connectivity index (χ2v) is 10.3. The van der Waals surface area contributed by atoms with Gasteiger partial charge in [-0.05, 0) is 23.5 Å². The molecule has 0 aliphatic carbocycles. The Morgan fingerprint density at radius 2 is 2.06 bits per heavy atom. The Bertz CT molecular complexity index is 509. The highest BCUT2D eigenvalue weighted by molar-refractivity contribution is 8.04. The molecular weight excluding hydrogens is 256 g/mol. The maximum atomic E-state index is 5.15. The summed E-state index contributed by atoms with van der Waals surface area (Å²) in [6, 6.07) is 7.78. The predicted octanol–water partition coefficient (Wildman–Crippen LogP) is 3.62. The first-order chi connectivity index (χ1) is 8.51. The lowest BCUT2D eigenvalue weighted by Crippen LogP contribution is -2.15. The van der Waals surface area contributed by atoms with Crippen LogP contribution in [0.5, 0.6) is 5.75 Å². The van der Waals surface area contributed by atoms with Gasteiger partial charge in [0, 0.05) is 5.56 Å². The zero-order valence-corrected chi connectivity index (χ0v) is 13.1. The van der Waals surface area contributed by atoms with Crippen LogP contribution in [0.2, 0.25) is 19.6 Å². The summed E-state index contributed by atoms with van der Waals surface area (Å²) in [5, 5.41) is 3.14. The van der Waals surface area contributed by atoms with E-state index in [2.05, 4.69) is 42.3 Å². The summed E-state index contributed by atoms with van der Waals surface area (Å²) in [7, 11) is 0.421. The van der Waals surface area contributed by atoms with Gasteiger partial charge in [0.15, 0.2) is 0 Å². The van der Waals surface area contributed by atoms with Crippen LogP contribution in [0.15, 0.2) is 24.3 Å². The number of benzene rings is 1. The molecule has 0 saturated heterocycles. The topological polar surface area (TPSA) is 9.23 Å². The van der Waals surface area contributed by atoms with Crippen molar-refractivity contribution >= 4 is 19.8 Å². The van der Waals surface area contributed by atoms with Crippen LogP contribution in [0, 0.1) is 22.6 Å². The molecule has 1 rings (SSSR count). The molecule has 1 aromatic rings. The molecule has 0 N–H and O–H groups in total. The summed E-state index contributed by atoms with van der Waals surface area (Å²) in [4.78, 5) is 0. The highest BCUT2D eigenvalue weighted by Gasteiger charge is 2.06. The van der Waals surface area contributed by atoms with Crippen molar-refractivity contribution < 1.29 is 4.74 Å². The Morgan fingerprint density at radius 1 is 1.28 bits per heavy atom. The lowest BCUT2D eigenvalue weighted by atomic mass is 10.2. The van der Waals surface area contributed by atoms with Crippen LogP contribution < -0.4 is 4.74 Å². The molecule has 0 spiro atoms. The number of hydrogen-bond donors (Lipinski definition) is 0. The average molecular weight is 274 g/mol. The van der Waals surface area contributed by atoms with Gasteiger partial charge in [-0.3, -0.25) is 0 Å². The molecule has 18 heavy (non-hydrogen) atoms. The summed E-state index contributed by atoms with van der Waals surface area (Å²) in [5.41, 5.74) is 4.28. The van der Waals surface area contributed by atoms with Gasteiger partial charge in [-0.1, -0.05) is 49.3 Å². The Hall–Kier alpha value is -1.29. The predicted molar refractivity (Wildman–Crippen MR) is 83.5 cm³/mol. The van der Waals surface area contributed by atoms with Gasteiger partial charge in [0.25, 0.3) is 0 Å². The Morgan fingerprint density at radius 3 is 2.72 bits per heavy atom. The van der Waals surface area contributed by atoms with E-state index in [4.69, 9.17) is 4.74 Å². The van der Waals surface area contributed by atoms with E-state index in [0.717, 1.165) is 17.1 Å². The Balaban J connectivity index is 2.48. The average Bonchev–Trinajstić information content (AvgIpc) is 2.32. The van der Waals surface area contributed by atoms with Crippen LogP contribution in [-0.2, 0) is 0 Å². The fourth-order valence-corrected chi connectivity index (χ4v) is 2.83. The fourth-order valence-electron chi connectivity index (χ4n) is 1.10. The summed E-state index contributed by atoms with van der Waals surface area (Å²) >= 11 is 1.58. The third kappa shape index (κ3) is 6.44. The van der Waals surface area contributed by atoms with Gasteiger partial charge in [0.05, 0.1) is 12.9 Å². The molecule has 0 aliphatic rings. The van der Waals surface area contributed by atoms with Crippen molar-refractivity contribution in [1.29, 1.82) is 0 Å². The molecular formula is C15H18OSSi. The van der Waals surface area contributed by atoms with Crippen molar-refractivity contribution in [3.63, 3.8) is 0 Å². The van der Waals surface area contributed by atoms with E-state index in [1.807, 2.05) is 24.3 Å². The Labute approximate surface area is 115 Å². The number of hydrogen-bond acceptors (Lipinski definition) is 2. The van der Waals surface area contributed by atoms with Gasteiger partial charge in [-0.15, -0.1) is 5.54 Å². The van der Waals surface area contributed by atoms with E-state index in [9.17, 15) is 0 Å². The highest BCUT2D eigenvalue weighted by atomic mass is 32.2. The number of ether oxygens (including phenoxy) is 1. The second kappa shape index (κ2) is 7.21. The normalized spacial score (nSPS) is 9.78. The van der Waals surface area contributed by atoms with Crippen molar-refractivity contribution in [2.24, 2.45) is 0 Å². The molecule has 1 aromatic carbocycles. The fraction of sp³-hybridized carbons (Fsp3) is 0.333. The Kier molecular flexibility index (Phi) is 5.91. The molecule has 0 aliphatic heterocycles. The van der Waals surface area contributed by atoms with E-state index >= 15 is 0 Å². The zero-order chi connectivity index (χ0) is 13.4. The van der Waals surface area contributed by atoms with Crippen molar-refractivity contribution in [3.8, 4) is 28.4 Å². The largest absolute Gasteiger partial charge is 0.497 e. The van der Waals surface area contributed by atoms with Crippen LogP contribution in [0.25, 0.3) is 0 Å². The molecule has 0 fully saturated rings. The summed E-state index contributed by atoms with van der Waals surface area (Å²) in [6.45, 7) is 6.72. The number of methoxy groups -OCH3 is 1. The zero-order valence-electron chi connectivity index (χ0n) is 11.3. The van der Waals surface area contributed by atoms with Crippen molar-refractivity contribution in [1.82, 2.24) is 0 Å². The molecule has 0 amide bonds. The molecule has 1 nitrogen and oxygen atoms in total. The molecule has 0 atom stereocenters. The molecule has 0 saturated carbocycles. The quantitative estimate of drug-likeness (QED) is 0.463. The van der Waals surface area contributed by atoms with Crippen LogP contribution in [-0.4, -0.2) is 20.9 Å². The minimum atomic E-state index is -1.24. The van der Waals surface area contributed by atoms with Crippen LogP contribution in [0.4, 0.5) is 0 Å². The molecule has 3 heteroatoms. The van der Waals surface area contributed by atoms with Gasteiger partial charge in [-0.2, -0.15) is 0 Å². The third-order valence-corrected chi connectivity index (χ3v) is 3.54. The van der Waals surface area contributed by atoms with Crippen LogP contribution >= 0.6 is 11.8 Å². The van der Waals surface area contributed by atoms with Crippen LogP contribution in [0.1, 0.15) is 5.56 Å². The monoisotopic (exact) mass is 274 g/mol. The lowest BCUT2D eigenvalue weighted by Gasteiger charge is -2.02. The highest BCUT2D eigenvalue weighted by Crippen LogP contribution is 2.11. The van der Waals surface area contributed by atoms with Crippen molar-refractivity contribution in [2.45, 2.75) is 19.6 Å². The summed E-state index contributed by atoms with van der Waals surface area (Å²) in [5.74, 6) is 7.80. The van der Waals surface area contributed by atoms with E-state index in [-0.39, 0.29) is 0 Å². The maximum Gasteiger partial charge on any atom is 0.130 e. The first kappa shape index (κ1) is 14.8. The first-order valence-corrected chi connectivity index (χ1v) is 10.3.